The van der Waals surface area contributed by atoms with Crippen LogP contribution in [0.15, 0.2) is 229 Å². The molecule has 0 unspecified atom stereocenters. The molecule has 0 fully saturated rings. The maximum atomic E-state index is 6.65. The third-order valence-corrected chi connectivity index (χ3v) is 14.8. The van der Waals surface area contributed by atoms with Crippen LogP contribution in [-0.4, -0.2) is 0 Å². The van der Waals surface area contributed by atoms with Crippen LogP contribution in [0.2, 0.25) is 0 Å². The minimum Gasteiger partial charge on any atom is -0.457 e. The SMILES string of the molecule is c1ccc2c(c1)Oc1ccccc1C21c2ccccc2-c2cc(N(c3ccc4c(c3)-c3ccccc3C43c4ccccc4Oc4ccccc43)c3ccc4oc5ccccc5c4c3)ccc21. The second kappa shape index (κ2) is 13.0. The lowest BCUT2D eigenvalue weighted by Crippen LogP contribution is -2.32. The highest BCUT2D eigenvalue weighted by atomic mass is 16.5. The van der Waals surface area contributed by atoms with Crippen LogP contribution in [0.1, 0.15) is 44.5 Å². The molecule has 1 aromatic heterocycles. The number of benzene rings is 10. The zero-order valence-electron chi connectivity index (χ0n) is 35.5. The predicted molar refractivity (Wildman–Crippen MR) is 263 cm³/mol. The Balaban J connectivity index is 0.994. The molecule has 0 N–H and O–H groups in total. The van der Waals surface area contributed by atoms with E-state index in [9.17, 15) is 0 Å². The summed E-state index contributed by atoms with van der Waals surface area (Å²) in [4.78, 5) is 2.43. The molecule has 4 aliphatic rings. The van der Waals surface area contributed by atoms with E-state index >= 15 is 0 Å². The van der Waals surface area contributed by atoms with Crippen molar-refractivity contribution < 1.29 is 13.9 Å². The van der Waals surface area contributed by atoms with Crippen molar-refractivity contribution in [2.45, 2.75) is 10.8 Å². The van der Waals surface area contributed by atoms with Gasteiger partial charge < -0.3 is 18.8 Å². The number of hydrogen-bond acceptors (Lipinski definition) is 4. The standard InChI is InChI=1S/C62H37NO3/c1-4-18-47-41(15-1)44-35-38(29-32-49(44)61(47)51-20-6-11-25-57(51)65-58-26-12-7-21-52(58)61)63(40-31-34-56-46(37-40)43-17-3-10-24-55(43)64-56)39-30-33-50-45(36-39)42-16-2-5-19-48(42)62(50)53-22-8-13-27-59(53)66-60-28-14-9-23-54(60)62/h1-37H. The predicted octanol–water partition coefficient (Wildman–Crippen LogP) is 16.0. The summed E-state index contributed by atoms with van der Waals surface area (Å²) in [6, 6.07) is 81.2. The minimum atomic E-state index is -0.558. The van der Waals surface area contributed by atoms with Crippen molar-refractivity contribution in [3.8, 4) is 45.3 Å². The van der Waals surface area contributed by atoms with Crippen molar-refractivity contribution >= 4 is 39.0 Å². The first-order valence-corrected chi connectivity index (χ1v) is 22.7. The molecule has 0 amide bonds. The molecule has 4 heteroatoms. The summed E-state index contributed by atoms with van der Waals surface area (Å²) in [6.45, 7) is 0. The van der Waals surface area contributed by atoms with Gasteiger partial charge >= 0.3 is 0 Å². The summed E-state index contributed by atoms with van der Waals surface area (Å²) < 4.78 is 19.7. The van der Waals surface area contributed by atoms with Gasteiger partial charge in [0.25, 0.3) is 0 Å². The third kappa shape index (κ3) is 4.48. The maximum Gasteiger partial charge on any atom is 0.135 e. The second-order valence-corrected chi connectivity index (χ2v) is 17.9. The first kappa shape index (κ1) is 35.8. The molecular weight excluding hydrogens is 807 g/mol. The lowest BCUT2D eigenvalue weighted by Gasteiger charge is -2.39. The largest absolute Gasteiger partial charge is 0.457 e. The van der Waals surface area contributed by atoms with Crippen LogP contribution < -0.4 is 14.4 Å². The highest BCUT2D eigenvalue weighted by Crippen LogP contribution is 2.64. The quantitative estimate of drug-likeness (QED) is 0.177. The molecule has 0 radical (unpaired) electrons. The van der Waals surface area contributed by atoms with Gasteiger partial charge in [-0.3, -0.25) is 0 Å². The molecule has 0 saturated heterocycles. The highest BCUT2D eigenvalue weighted by Gasteiger charge is 2.52. The van der Waals surface area contributed by atoms with Crippen LogP contribution in [0.4, 0.5) is 17.1 Å². The molecule has 0 bridgehead atoms. The van der Waals surface area contributed by atoms with E-state index < -0.39 is 10.8 Å². The molecule has 0 atom stereocenters. The van der Waals surface area contributed by atoms with Crippen LogP contribution in [-0.2, 0) is 10.8 Å². The van der Waals surface area contributed by atoms with Crippen molar-refractivity contribution in [2.24, 2.45) is 0 Å². The Morgan fingerprint density at radius 3 is 1.14 bits per heavy atom. The van der Waals surface area contributed by atoms with Gasteiger partial charge in [-0.05, 0) is 117 Å². The maximum absolute atomic E-state index is 6.65. The minimum absolute atomic E-state index is 0.558. The molecule has 2 spiro atoms. The molecule has 10 aromatic carbocycles. The van der Waals surface area contributed by atoms with Crippen LogP contribution in [0.3, 0.4) is 0 Å². The number of nitrogens with zero attached hydrogens (tertiary/aromatic N) is 1. The van der Waals surface area contributed by atoms with E-state index in [1.54, 1.807) is 0 Å². The van der Waals surface area contributed by atoms with Crippen LogP contribution in [0, 0.1) is 0 Å². The molecule has 2 aliphatic heterocycles. The normalized spacial score (nSPS) is 14.5. The Bertz CT molecular complexity index is 3590. The number of rotatable bonds is 3. The first-order chi connectivity index (χ1) is 32.7. The van der Waals surface area contributed by atoms with Crippen LogP contribution in [0.5, 0.6) is 23.0 Å². The fourth-order valence-electron chi connectivity index (χ4n) is 12.3. The summed E-state index contributed by atoms with van der Waals surface area (Å²) in [7, 11) is 0. The van der Waals surface area contributed by atoms with Gasteiger partial charge in [0.1, 0.15) is 34.2 Å². The fourth-order valence-corrected chi connectivity index (χ4v) is 12.3. The number of para-hydroxylation sites is 5. The van der Waals surface area contributed by atoms with E-state index in [4.69, 9.17) is 13.9 Å². The highest BCUT2D eigenvalue weighted by molar-refractivity contribution is 6.07. The third-order valence-electron chi connectivity index (χ3n) is 14.8. The number of fused-ring (bicyclic) bond motifs is 21. The monoisotopic (exact) mass is 843 g/mol. The molecule has 15 rings (SSSR count). The molecular formula is C62H37NO3. The lowest BCUT2D eigenvalue weighted by molar-refractivity contribution is 0.436. The summed E-state index contributed by atoms with van der Waals surface area (Å²) in [5, 5.41) is 2.17. The Hall–Kier alpha value is -8.60. The lowest BCUT2D eigenvalue weighted by atomic mass is 9.66. The molecule has 0 saturated carbocycles. The van der Waals surface area contributed by atoms with E-state index in [-0.39, 0.29) is 0 Å². The molecule has 308 valence electrons. The molecule has 11 aromatic rings. The summed E-state index contributed by atoms with van der Waals surface area (Å²) in [6.07, 6.45) is 0. The van der Waals surface area contributed by atoms with E-state index in [1.807, 2.05) is 12.1 Å². The van der Waals surface area contributed by atoms with Crippen molar-refractivity contribution in [3.63, 3.8) is 0 Å². The zero-order chi connectivity index (χ0) is 43.1. The van der Waals surface area contributed by atoms with Crippen LogP contribution in [0.25, 0.3) is 44.2 Å². The van der Waals surface area contributed by atoms with E-state index in [1.165, 1.54) is 44.5 Å². The van der Waals surface area contributed by atoms with Gasteiger partial charge in [0.2, 0.25) is 0 Å². The zero-order valence-corrected chi connectivity index (χ0v) is 35.5. The van der Waals surface area contributed by atoms with Crippen molar-refractivity contribution in [3.05, 3.63) is 269 Å². The van der Waals surface area contributed by atoms with Gasteiger partial charge in [-0.1, -0.05) is 152 Å². The molecule has 3 heterocycles. The van der Waals surface area contributed by atoms with Crippen molar-refractivity contribution in [2.75, 3.05) is 4.90 Å². The van der Waals surface area contributed by atoms with Crippen molar-refractivity contribution in [1.29, 1.82) is 0 Å². The summed E-state index contributed by atoms with van der Waals surface area (Å²) in [5.74, 6) is 3.54. The van der Waals surface area contributed by atoms with E-state index in [0.29, 0.717) is 0 Å². The van der Waals surface area contributed by atoms with Gasteiger partial charge in [-0.2, -0.15) is 0 Å². The average molecular weight is 844 g/mol. The smallest absolute Gasteiger partial charge is 0.135 e. The molecule has 4 nitrogen and oxygen atoms in total. The summed E-state index contributed by atoms with van der Waals surface area (Å²) in [5.41, 5.74) is 18.3. The Morgan fingerprint density at radius 1 is 0.273 bits per heavy atom. The van der Waals surface area contributed by atoms with Gasteiger partial charge in [-0.25, -0.2) is 0 Å². The van der Waals surface area contributed by atoms with Crippen LogP contribution >= 0.6 is 0 Å². The Labute approximate surface area is 381 Å². The van der Waals surface area contributed by atoms with Gasteiger partial charge in [-0.15, -0.1) is 0 Å². The number of hydrogen-bond donors (Lipinski definition) is 0. The second-order valence-electron chi connectivity index (χ2n) is 17.9. The van der Waals surface area contributed by atoms with Gasteiger partial charge in [0.05, 0.1) is 10.8 Å². The number of furan rings is 1. The fraction of sp³-hybridized carbons (Fsp3) is 0.0323. The van der Waals surface area contributed by atoms with E-state index in [2.05, 4.69) is 217 Å². The van der Waals surface area contributed by atoms with Gasteiger partial charge in [0, 0.05) is 50.1 Å². The van der Waals surface area contributed by atoms with Crippen molar-refractivity contribution in [1.82, 2.24) is 0 Å². The Morgan fingerprint density at radius 2 is 0.636 bits per heavy atom. The summed E-state index contributed by atoms with van der Waals surface area (Å²) >= 11 is 0. The van der Waals surface area contributed by atoms with Gasteiger partial charge in [0.15, 0.2) is 0 Å². The first-order valence-electron chi connectivity index (χ1n) is 22.7. The molecule has 66 heavy (non-hydrogen) atoms. The van der Waals surface area contributed by atoms with E-state index in [0.717, 1.165) is 84.3 Å². The molecule has 2 aliphatic carbocycles. The average Bonchev–Trinajstić information content (AvgIpc) is 3.99. The topological polar surface area (TPSA) is 34.8 Å². The number of ether oxygens (including phenoxy) is 2. The number of anilines is 3. The Kier molecular flexibility index (Phi) is 7.05.